The molecule has 1 heterocycles. The number of benzene rings is 2. The molecule has 0 bridgehead atoms. The highest BCUT2D eigenvalue weighted by atomic mass is 32.2. The minimum absolute atomic E-state index is 0.0831. The number of aromatic nitrogens is 2. The molecule has 0 saturated heterocycles. The Bertz CT molecular complexity index is 1120. The van der Waals surface area contributed by atoms with Crippen molar-refractivity contribution in [2.75, 3.05) is 29.0 Å². The van der Waals surface area contributed by atoms with Crippen LogP contribution in [0.5, 0.6) is 5.75 Å². The SMILES string of the molecule is CCCSc1nnc(NC(=O)CN(c2cccc(OC)c2)S(=O)(=O)c2ccccc2)s1. The second-order valence-corrected chi connectivity index (χ2v) is 10.5. The topological polar surface area (TPSA) is 101 Å². The van der Waals surface area contributed by atoms with Crippen LogP contribution in [0.15, 0.2) is 63.8 Å². The number of rotatable bonds is 10. The standard InChI is InChI=1S/C20H22N4O4S3/c1-3-12-29-20-23-22-19(30-20)21-18(25)14-24(15-8-7-9-16(13-15)28-2)31(26,27)17-10-5-4-6-11-17/h4-11,13H,3,12,14H2,1-2H3,(H,21,22,25). The van der Waals surface area contributed by atoms with E-state index in [0.717, 1.165) is 20.8 Å². The summed E-state index contributed by atoms with van der Waals surface area (Å²) in [5.41, 5.74) is 0.315. The Labute approximate surface area is 189 Å². The summed E-state index contributed by atoms with van der Waals surface area (Å²) in [6.45, 7) is 1.64. The number of sulfonamides is 1. The van der Waals surface area contributed by atoms with Gasteiger partial charge in [-0.2, -0.15) is 0 Å². The van der Waals surface area contributed by atoms with E-state index in [4.69, 9.17) is 4.74 Å². The molecule has 0 atom stereocenters. The lowest BCUT2D eigenvalue weighted by molar-refractivity contribution is -0.114. The predicted octanol–water partition coefficient (Wildman–Crippen LogP) is 3.88. The van der Waals surface area contributed by atoms with Gasteiger partial charge in [0.1, 0.15) is 12.3 Å². The average molecular weight is 479 g/mol. The van der Waals surface area contributed by atoms with Crippen LogP contribution in [0.3, 0.4) is 0 Å². The molecule has 164 valence electrons. The zero-order valence-corrected chi connectivity index (χ0v) is 19.5. The normalized spacial score (nSPS) is 11.2. The Morgan fingerprint density at radius 2 is 1.94 bits per heavy atom. The van der Waals surface area contributed by atoms with Crippen LogP contribution in [0.25, 0.3) is 0 Å². The fraction of sp³-hybridized carbons (Fsp3) is 0.250. The first-order valence-corrected chi connectivity index (χ1v) is 12.7. The summed E-state index contributed by atoms with van der Waals surface area (Å²) in [4.78, 5) is 12.8. The first-order valence-electron chi connectivity index (χ1n) is 9.42. The molecule has 1 aromatic heterocycles. The molecule has 0 unspecified atom stereocenters. The number of amides is 1. The number of carbonyl (C=O) groups excluding carboxylic acids is 1. The molecule has 1 N–H and O–H groups in total. The lowest BCUT2D eigenvalue weighted by Crippen LogP contribution is -2.38. The molecule has 0 aliphatic heterocycles. The summed E-state index contributed by atoms with van der Waals surface area (Å²) >= 11 is 2.81. The Balaban J connectivity index is 1.86. The predicted molar refractivity (Wildman–Crippen MR) is 124 cm³/mol. The average Bonchev–Trinajstić information content (AvgIpc) is 3.23. The highest BCUT2D eigenvalue weighted by molar-refractivity contribution is 8.01. The molecule has 0 fully saturated rings. The van der Waals surface area contributed by atoms with Gasteiger partial charge < -0.3 is 4.74 Å². The van der Waals surface area contributed by atoms with E-state index >= 15 is 0 Å². The van der Waals surface area contributed by atoms with Gasteiger partial charge in [-0.25, -0.2) is 8.42 Å². The summed E-state index contributed by atoms with van der Waals surface area (Å²) < 4.78 is 33.7. The van der Waals surface area contributed by atoms with Crippen molar-refractivity contribution in [1.29, 1.82) is 0 Å². The van der Waals surface area contributed by atoms with Crippen LogP contribution in [0.2, 0.25) is 0 Å². The van der Waals surface area contributed by atoms with Gasteiger partial charge in [-0.15, -0.1) is 10.2 Å². The Morgan fingerprint density at radius 1 is 1.16 bits per heavy atom. The number of methoxy groups -OCH3 is 1. The molecule has 3 aromatic rings. The van der Waals surface area contributed by atoms with Crippen LogP contribution in [-0.4, -0.2) is 43.9 Å². The lowest BCUT2D eigenvalue weighted by Gasteiger charge is -2.24. The van der Waals surface area contributed by atoms with Gasteiger partial charge in [-0.05, 0) is 30.7 Å². The lowest BCUT2D eigenvalue weighted by atomic mass is 10.3. The van der Waals surface area contributed by atoms with Gasteiger partial charge in [-0.3, -0.25) is 14.4 Å². The van der Waals surface area contributed by atoms with Crippen molar-refractivity contribution >= 4 is 49.8 Å². The maximum Gasteiger partial charge on any atom is 0.264 e. The van der Waals surface area contributed by atoms with E-state index < -0.39 is 22.5 Å². The maximum absolute atomic E-state index is 13.3. The highest BCUT2D eigenvalue weighted by Crippen LogP contribution is 2.28. The Hall–Kier alpha value is -2.63. The summed E-state index contributed by atoms with van der Waals surface area (Å²) in [5, 5.41) is 11.0. The van der Waals surface area contributed by atoms with E-state index in [-0.39, 0.29) is 4.90 Å². The van der Waals surface area contributed by atoms with E-state index in [9.17, 15) is 13.2 Å². The molecular weight excluding hydrogens is 456 g/mol. The molecule has 31 heavy (non-hydrogen) atoms. The molecule has 0 radical (unpaired) electrons. The number of thioether (sulfide) groups is 1. The minimum atomic E-state index is -3.99. The van der Waals surface area contributed by atoms with E-state index in [1.807, 2.05) is 0 Å². The molecule has 0 saturated carbocycles. The highest BCUT2D eigenvalue weighted by Gasteiger charge is 2.27. The fourth-order valence-corrected chi connectivity index (χ4v) is 5.72. The number of nitrogens with zero attached hydrogens (tertiary/aromatic N) is 3. The fourth-order valence-electron chi connectivity index (χ4n) is 2.60. The van der Waals surface area contributed by atoms with Gasteiger partial charge in [0.05, 0.1) is 17.7 Å². The molecular formula is C20H22N4O4S3. The number of hydrogen-bond acceptors (Lipinski definition) is 8. The van der Waals surface area contributed by atoms with E-state index in [2.05, 4.69) is 22.4 Å². The number of carbonyl (C=O) groups is 1. The molecule has 2 aromatic carbocycles. The third kappa shape index (κ3) is 5.96. The summed E-state index contributed by atoms with van der Waals surface area (Å²) in [6, 6.07) is 14.5. The smallest absolute Gasteiger partial charge is 0.264 e. The van der Waals surface area contributed by atoms with Crippen LogP contribution in [0.1, 0.15) is 13.3 Å². The van der Waals surface area contributed by atoms with Crippen molar-refractivity contribution in [3.8, 4) is 5.75 Å². The van der Waals surface area contributed by atoms with Crippen LogP contribution in [0, 0.1) is 0 Å². The first kappa shape index (κ1) is 23.0. The van der Waals surface area contributed by atoms with E-state index in [0.29, 0.717) is 16.6 Å². The zero-order chi connectivity index (χ0) is 22.3. The molecule has 0 aliphatic rings. The van der Waals surface area contributed by atoms with Gasteiger partial charge in [0.15, 0.2) is 4.34 Å². The number of hydrogen-bond donors (Lipinski definition) is 1. The molecule has 3 rings (SSSR count). The van der Waals surface area contributed by atoms with Crippen molar-refractivity contribution < 1.29 is 17.9 Å². The number of ether oxygens (including phenoxy) is 1. The summed E-state index contributed by atoms with van der Waals surface area (Å²) in [7, 11) is -2.50. The van der Waals surface area contributed by atoms with Crippen LogP contribution in [-0.2, 0) is 14.8 Å². The third-order valence-corrected chi connectivity index (χ3v) is 8.01. The summed E-state index contributed by atoms with van der Waals surface area (Å²) in [6.07, 6.45) is 0.999. The largest absolute Gasteiger partial charge is 0.497 e. The van der Waals surface area contributed by atoms with Crippen LogP contribution >= 0.6 is 23.1 Å². The molecule has 0 spiro atoms. The van der Waals surface area contributed by atoms with Crippen molar-refractivity contribution in [3.63, 3.8) is 0 Å². The monoisotopic (exact) mass is 478 g/mol. The van der Waals surface area contributed by atoms with Gasteiger partial charge in [-0.1, -0.05) is 54.3 Å². The van der Waals surface area contributed by atoms with Crippen molar-refractivity contribution in [3.05, 3.63) is 54.6 Å². The molecule has 1 amide bonds. The van der Waals surface area contributed by atoms with Crippen molar-refractivity contribution in [1.82, 2.24) is 10.2 Å². The van der Waals surface area contributed by atoms with Gasteiger partial charge in [0.25, 0.3) is 10.0 Å². The quantitative estimate of drug-likeness (QED) is 0.348. The second kappa shape index (κ2) is 10.6. The number of nitrogens with one attached hydrogen (secondary N) is 1. The zero-order valence-electron chi connectivity index (χ0n) is 17.0. The second-order valence-electron chi connectivity index (χ2n) is 6.30. The van der Waals surface area contributed by atoms with Crippen LogP contribution in [0.4, 0.5) is 10.8 Å². The molecule has 0 aliphatic carbocycles. The molecule has 8 nitrogen and oxygen atoms in total. The maximum atomic E-state index is 13.3. The summed E-state index contributed by atoms with van der Waals surface area (Å²) in [5.74, 6) is 0.861. The van der Waals surface area contributed by atoms with Gasteiger partial charge >= 0.3 is 0 Å². The Morgan fingerprint density at radius 3 is 2.65 bits per heavy atom. The minimum Gasteiger partial charge on any atom is -0.497 e. The van der Waals surface area contributed by atoms with Crippen molar-refractivity contribution in [2.45, 2.75) is 22.6 Å². The van der Waals surface area contributed by atoms with Crippen LogP contribution < -0.4 is 14.4 Å². The Kier molecular flexibility index (Phi) is 7.88. The third-order valence-electron chi connectivity index (χ3n) is 4.04. The van der Waals surface area contributed by atoms with Gasteiger partial charge in [0.2, 0.25) is 11.0 Å². The van der Waals surface area contributed by atoms with Gasteiger partial charge in [0, 0.05) is 11.8 Å². The molecule has 11 heteroatoms. The van der Waals surface area contributed by atoms with E-state index in [1.165, 1.54) is 30.6 Å². The first-order chi connectivity index (χ1) is 14.9. The van der Waals surface area contributed by atoms with E-state index in [1.54, 1.807) is 54.2 Å². The van der Waals surface area contributed by atoms with Crippen molar-refractivity contribution in [2.24, 2.45) is 0 Å². The number of anilines is 2.